The molecule has 0 bridgehead atoms. The number of piperidine rings is 1. The van der Waals surface area contributed by atoms with Crippen molar-refractivity contribution in [1.82, 2.24) is 20.3 Å². The first-order valence-corrected chi connectivity index (χ1v) is 23.9. The number of benzene rings is 4. The van der Waals surface area contributed by atoms with Crippen LogP contribution in [0.1, 0.15) is 54.5 Å². The van der Waals surface area contributed by atoms with Gasteiger partial charge in [0.05, 0.1) is 43.2 Å². The van der Waals surface area contributed by atoms with Crippen LogP contribution in [0.2, 0.25) is 18.6 Å². The fourth-order valence-electron chi connectivity index (χ4n) is 10.5. The van der Waals surface area contributed by atoms with Crippen LogP contribution in [-0.2, 0) is 33.0 Å². The Morgan fingerprint density at radius 3 is 2.32 bits per heavy atom. The highest BCUT2D eigenvalue weighted by molar-refractivity contribution is 6.71. The Bertz CT molecular complexity index is 2310. The minimum absolute atomic E-state index is 0.0922. The van der Waals surface area contributed by atoms with E-state index in [1.165, 1.54) is 0 Å². The van der Waals surface area contributed by atoms with E-state index in [2.05, 4.69) is 39.6 Å². The van der Waals surface area contributed by atoms with Gasteiger partial charge in [0.25, 0.3) is 11.8 Å². The van der Waals surface area contributed by atoms with Gasteiger partial charge in [0.2, 0.25) is 0 Å². The Kier molecular flexibility index (Phi) is 10.3. The Morgan fingerprint density at radius 1 is 0.898 bits per heavy atom. The summed E-state index contributed by atoms with van der Waals surface area (Å²) in [4.78, 5) is 47.5. The maximum absolute atomic E-state index is 15.1. The third kappa shape index (κ3) is 6.69. The number of hydrogen-bond acceptors (Lipinski definition) is 9. The maximum Gasteiger partial charge on any atom is 0.264 e. The number of carbonyl (C=O) groups excluding carboxylic acids is 2. The van der Waals surface area contributed by atoms with Crippen LogP contribution in [-0.4, -0.2) is 83.0 Å². The summed E-state index contributed by atoms with van der Waals surface area (Å²) in [5.74, 6) is -0.633. The van der Waals surface area contributed by atoms with E-state index in [4.69, 9.17) is 4.74 Å². The lowest BCUT2D eigenvalue weighted by atomic mass is 9.82. The molecule has 0 saturated carbocycles. The van der Waals surface area contributed by atoms with E-state index in [-0.39, 0.29) is 35.8 Å². The lowest BCUT2D eigenvalue weighted by Gasteiger charge is -2.39. The van der Waals surface area contributed by atoms with Gasteiger partial charge in [0, 0.05) is 41.1 Å². The van der Waals surface area contributed by atoms with Crippen molar-refractivity contribution in [1.29, 1.82) is 0 Å². The summed E-state index contributed by atoms with van der Waals surface area (Å²) < 4.78 is 8.86. The molecule has 5 aromatic rings. The molecule has 3 fully saturated rings. The number of carbonyl (C=O) groups is 2. The van der Waals surface area contributed by atoms with Crippen LogP contribution in [0, 0.1) is 5.92 Å². The molecule has 59 heavy (non-hydrogen) atoms. The molecule has 2 spiro atoms. The van der Waals surface area contributed by atoms with E-state index in [1.807, 2.05) is 126 Å². The van der Waals surface area contributed by atoms with Crippen molar-refractivity contribution in [2.45, 2.75) is 81.1 Å². The number of nitrogens with one attached hydrogen (secondary N) is 1. The summed E-state index contributed by atoms with van der Waals surface area (Å²) in [7, 11) is -2.89. The molecule has 3 saturated heterocycles. The number of rotatable bonds is 11. The van der Waals surface area contributed by atoms with Crippen LogP contribution in [0.15, 0.2) is 115 Å². The van der Waals surface area contributed by atoms with Crippen molar-refractivity contribution in [3.8, 4) is 0 Å². The van der Waals surface area contributed by atoms with Crippen LogP contribution in [0.25, 0.3) is 0 Å². The van der Waals surface area contributed by atoms with Gasteiger partial charge in [-0.2, -0.15) is 0 Å². The average Bonchev–Trinajstić information content (AvgIpc) is 3.98. The van der Waals surface area contributed by atoms with Gasteiger partial charge in [-0.15, -0.1) is 5.10 Å². The first-order chi connectivity index (χ1) is 28.5. The molecule has 1 unspecified atom stereocenters. The Morgan fingerprint density at radius 2 is 1.59 bits per heavy atom. The number of aliphatic hydroxyl groups excluding tert-OH is 1. The molecule has 0 aliphatic carbocycles. The highest BCUT2D eigenvalue weighted by Gasteiger charge is 2.66. The molecule has 4 aliphatic rings. The fourth-order valence-corrected chi connectivity index (χ4v) is 13.1. The minimum Gasteiger partial charge on any atom is -0.432 e. The number of amides is 2. The topological polar surface area (TPSA) is 136 Å². The molecule has 306 valence electrons. The number of aromatic nitrogens is 3. The molecule has 12 nitrogen and oxygen atoms in total. The molecule has 2 amide bonds. The van der Waals surface area contributed by atoms with Gasteiger partial charge in [-0.3, -0.25) is 19.2 Å². The SMILES string of the molecule is C[C@@H]1[C@@H]([Si](C)(C)O)[C@H](CCn2cc(C(CO)c3ccccc3)nn2)O[C@@]12C(=O)N(Cc1cccc(N3CN(c4ccccc4)C4(CCNCC4)C3=O)c1)c1ccccc12. The third-order valence-electron chi connectivity index (χ3n) is 13.3. The zero-order valence-corrected chi connectivity index (χ0v) is 34.9. The van der Waals surface area contributed by atoms with E-state index in [9.17, 15) is 14.7 Å². The Labute approximate surface area is 346 Å². The fraction of sp³-hybridized carbons (Fsp3) is 0.391. The van der Waals surface area contributed by atoms with E-state index in [0.29, 0.717) is 31.9 Å². The number of anilines is 3. The Hall–Kier alpha value is -5.18. The molecular formula is C46H53N7O5Si. The molecule has 4 aromatic carbocycles. The molecule has 4 aliphatic heterocycles. The van der Waals surface area contributed by atoms with Crippen molar-refractivity contribution in [2.75, 3.05) is 41.1 Å². The summed E-state index contributed by atoms with van der Waals surface area (Å²) in [5, 5.41) is 22.5. The minimum atomic E-state index is -2.89. The number of fused-ring (bicyclic) bond motifs is 2. The van der Waals surface area contributed by atoms with Gasteiger partial charge in [0.1, 0.15) is 5.54 Å². The molecule has 13 heteroatoms. The predicted octanol–water partition coefficient (Wildman–Crippen LogP) is 5.77. The smallest absolute Gasteiger partial charge is 0.264 e. The Balaban J connectivity index is 0.977. The van der Waals surface area contributed by atoms with Crippen LogP contribution >= 0.6 is 0 Å². The van der Waals surface area contributed by atoms with Gasteiger partial charge in [0.15, 0.2) is 13.9 Å². The monoisotopic (exact) mass is 811 g/mol. The first kappa shape index (κ1) is 39.3. The van der Waals surface area contributed by atoms with Crippen molar-refractivity contribution >= 4 is 37.2 Å². The van der Waals surface area contributed by atoms with Gasteiger partial charge < -0.3 is 29.8 Å². The summed E-state index contributed by atoms with van der Waals surface area (Å²) >= 11 is 0. The number of para-hydroxylation sites is 2. The zero-order valence-electron chi connectivity index (χ0n) is 33.9. The second-order valence-corrected chi connectivity index (χ2v) is 21.2. The summed E-state index contributed by atoms with van der Waals surface area (Å²) in [6, 6.07) is 35.9. The van der Waals surface area contributed by atoms with Crippen LogP contribution in [0.5, 0.6) is 0 Å². The van der Waals surface area contributed by atoms with Crippen LogP contribution in [0.3, 0.4) is 0 Å². The number of aryl methyl sites for hydroxylation is 1. The van der Waals surface area contributed by atoms with Gasteiger partial charge in [-0.1, -0.05) is 91.0 Å². The molecule has 3 N–H and O–H groups in total. The van der Waals surface area contributed by atoms with E-state index >= 15 is 4.79 Å². The number of nitrogens with zero attached hydrogens (tertiary/aromatic N) is 6. The quantitative estimate of drug-likeness (QED) is 0.142. The molecular weight excluding hydrogens is 759 g/mol. The largest absolute Gasteiger partial charge is 0.432 e. The standard InChI is InChI=1S/C46H53N7O5Si/c1-32-42(59(2,3)57)41(21-26-50-29-39(48-49-50)37(30-54)34-14-6-4-7-15-34)58-46(32)38-19-10-11-20-40(38)51(44(46)56)28-33-13-12-18-36(27-33)52-31-53(35-16-8-5-9-17-35)45(43(52)55)22-24-47-25-23-45/h4-20,27,29,32,37,41-42,47,54,57H,21-26,28,30-31H2,1-3H3/t32-,37?,41+,42-,46+/m1/s1. The average molecular weight is 812 g/mol. The zero-order chi connectivity index (χ0) is 40.9. The van der Waals surface area contributed by atoms with Gasteiger partial charge in [-0.05, 0) is 86.9 Å². The number of aliphatic hydroxyl groups is 1. The lowest BCUT2D eigenvalue weighted by molar-refractivity contribution is -0.146. The van der Waals surface area contributed by atoms with Crippen molar-refractivity contribution in [3.05, 3.63) is 138 Å². The van der Waals surface area contributed by atoms with E-state index in [1.54, 1.807) is 4.68 Å². The normalized spacial score (nSPS) is 24.4. The highest BCUT2D eigenvalue weighted by atomic mass is 28.4. The second kappa shape index (κ2) is 15.4. The first-order valence-electron chi connectivity index (χ1n) is 20.9. The maximum atomic E-state index is 15.1. The van der Waals surface area contributed by atoms with Crippen molar-refractivity contribution in [3.63, 3.8) is 0 Å². The molecule has 5 heterocycles. The summed E-state index contributed by atoms with van der Waals surface area (Å²) in [6.45, 7) is 8.60. The van der Waals surface area contributed by atoms with Crippen LogP contribution < -0.4 is 20.0 Å². The summed E-state index contributed by atoms with van der Waals surface area (Å²) in [5.41, 5.74) is 3.87. The predicted molar refractivity (Wildman–Crippen MR) is 229 cm³/mol. The van der Waals surface area contributed by atoms with Gasteiger partial charge in [-0.25, -0.2) is 0 Å². The third-order valence-corrected chi connectivity index (χ3v) is 15.8. The molecule has 0 radical (unpaired) electrons. The van der Waals surface area contributed by atoms with Crippen molar-refractivity contribution < 1.29 is 24.2 Å². The lowest BCUT2D eigenvalue weighted by Crippen LogP contribution is -2.55. The van der Waals surface area contributed by atoms with E-state index < -0.39 is 25.6 Å². The molecule has 1 aromatic heterocycles. The number of hydrogen-bond donors (Lipinski definition) is 3. The van der Waals surface area contributed by atoms with Crippen LogP contribution in [0.4, 0.5) is 17.1 Å². The summed E-state index contributed by atoms with van der Waals surface area (Å²) in [6.07, 6.45) is 3.42. The molecule has 5 atom stereocenters. The molecule has 9 rings (SSSR count). The van der Waals surface area contributed by atoms with Crippen molar-refractivity contribution in [2.24, 2.45) is 5.92 Å². The second-order valence-electron chi connectivity index (χ2n) is 17.2. The van der Waals surface area contributed by atoms with Gasteiger partial charge >= 0.3 is 0 Å². The highest BCUT2D eigenvalue weighted by Crippen LogP contribution is 2.60. The number of ether oxygens (including phenoxy) is 1. The van der Waals surface area contributed by atoms with E-state index in [0.717, 1.165) is 59.7 Å².